The molecule has 148 valence electrons. The van der Waals surface area contributed by atoms with Gasteiger partial charge in [0, 0.05) is 18.2 Å². The number of hydrogen-bond donors (Lipinski definition) is 2. The molecule has 8 nitrogen and oxygen atoms in total. The van der Waals surface area contributed by atoms with Crippen molar-refractivity contribution in [2.75, 3.05) is 13.2 Å². The summed E-state index contributed by atoms with van der Waals surface area (Å²) < 4.78 is 5.52. The third-order valence-corrected chi connectivity index (χ3v) is 5.79. The van der Waals surface area contributed by atoms with E-state index in [0.29, 0.717) is 19.4 Å². The molecule has 8 heteroatoms. The third-order valence-electron chi connectivity index (χ3n) is 5.79. The van der Waals surface area contributed by atoms with Crippen LogP contribution in [0.5, 0.6) is 0 Å². The van der Waals surface area contributed by atoms with Crippen LogP contribution in [0.1, 0.15) is 63.2 Å². The first kappa shape index (κ1) is 18.6. The molecule has 0 aromatic heterocycles. The lowest BCUT2D eigenvalue weighted by Gasteiger charge is -2.18. The lowest BCUT2D eigenvalue weighted by Crippen LogP contribution is -2.40. The number of benzene rings is 1. The number of carbonyl (C=O) groups is 4. The van der Waals surface area contributed by atoms with Crippen molar-refractivity contribution in [1.82, 2.24) is 10.2 Å². The van der Waals surface area contributed by atoms with Gasteiger partial charge in [0.15, 0.2) is 0 Å². The van der Waals surface area contributed by atoms with Gasteiger partial charge in [-0.25, -0.2) is 0 Å². The predicted octanol–water partition coefficient (Wildman–Crippen LogP) is 1.44. The maximum absolute atomic E-state index is 12.7. The fourth-order valence-electron chi connectivity index (χ4n) is 4.27. The van der Waals surface area contributed by atoms with E-state index in [2.05, 4.69) is 5.32 Å². The van der Waals surface area contributed by atoms with Crippen LogP contribution < -0.4 is 5.32 Å². The Balaban J connectivity index is 1.49. The van der Waals surface area contributed by atoms with Crippen molar-refractivity contribution in [2.24, 2.45) is 5.92 Å². The smallest absolute Gasteiger partial charge is 0.308 e. The Bertz CT molecular complexity index is 845. The van der Waals surface area contributed by atoms with Crippen molar-refractivity contribution < 1.29 is 29.0 Å². The van der Waals surface area contributed by atoms with E-state index in [1.165, 1.54) is 23.1 Å². The zero-order chi connectivity index (χ0) is 19.8. The largest absolute Gasteiger partial charge is 0.481 e. The second-order valence-corrected chi connectivity index (χ2v) is 7.57. The summed E-state index contributed by atoms with van der Waals surface area (Å²) in [5.74, 6) is -2.73. The van der Waals surface area contributed by atoms with Crippen LogP contribution >= 0.6 is 0 Å². The van der Waals surface area contributed by atoms with Gasteiger partial charge in [0.25, 0.3) is 17.7 Å². The Kier molecular flexibility index (Phi) is 4.89. The highest BCUT2D eigenvalue weighted by molar-refractivity contribution is 6.22. The van der Waals surface area contributed by atoms with Gasteiger partial charge in [-0.15, -0.1) is 0 Å². The first-order chi connectivity index (χ1) is 13.5. The summed E-state index contributed by atoms with van der Waals surface area (Å²) in [6, 6.07) is 3.99. The van der Waals surface area contributed by atoms with Crippen LogP contribution in [0.4, 0.5) is 0 Å². The van der Waals surface area contributed by atoms with Crippen LogP contribution in [0.3, 0.4) is 0 Å². The predicted molar refractivity (Wildman–Crippen MR) is 97.0 cm³/mol. The van der Waals surface area contributed by atoms with Gasteiger partial charge < -0.3 is 15.2 Å². The number of carboxylic acid groups (broad SMARTS) is 1. The summed E-state index contributed by atoms with van der Waals surface area (Å²) in [6.07, 6.45) is 3.48. The molecule has 28 heavy (non-hydrogen) atoms. The summed E-state index contributed by atoms with van der Waals surface area (Å²) in [5, 5.41) is 12.0. The molecule has 1 aliphatic carbocycles. The van der Waals surface area contributed by atoms with Crippen molar-refractivity contribution in [3.63, 3.8) is 0 Å². The second-order valence-electron chi connectivity index (χ2n) is 7.57. The van der Waals surface area contributed by atoms with Gasteiger partial charge in [0.05, 0.1) is 29.7 Å². The minimum absolute atomic E-state index is 0.139. The molecular weight excluding hydrogens is 364 g/mol. The highest BCUT2D eigenvalue weighted by Crippen LogP contribution is 2.28. The zero-order valence-corrected chi connectivity index (χ0v) is 15.3. The summed E-state index contributed by atoms with van der Waals surface area (Å²) >= 11 is 0. The topological polar surface area (TPSA) is 113 Å². The van der Waals surface area contributed by atoms with Gasteiger partial charge >= 0.3 is 5.97 Å². The van der Waals surface area contributed by atoms with E-state index in [9.17, 15) is 24.3 Å². The van der Waals surface area contributed by atoms with Gasteiger partial charge in [0.2, 0.25) is 0 Å². The van der Waals surface area contributed by atoms with Gasteiger partial charge in [-0.05, 0) is 43.9 Å². The standard InChI is InChI=1S/C20H22N2O6/c23-17(21-16-5-1-4-14(16)20(26)27)11-6-7-13-15(9-11)19(25)22(18(13)24)10-12-3-2-8-28-12/h6-7,9,12,14,16H,1-5,8,10H2,(H,21,23)(H,26,27)/t12?,14-,16+/m1/s1. The summed E-state index contributed by atoms with van der Waals surface area (Å²) in [4.78, 5) is 50.3. The van der Waals surface area contributed by atoms with Gasteiger partial charge in [-0.2, -0.15) is 0 Å². The molecule has 2 aliphatic heterocycles. The fraction of sp³-hybridized carbons (Fsp3) is 0.500. The second kappa shape index (κ2) is 7.35. The molecule has 1 saturated heterocycles. The van der Waals surface area contributed by atoms with Crippen LogP contribution in [-0.2, 0) is 9.53 Å². The van der Waals surface area contributed by atoms with Crippen molar-refractivity contribution in [1.29, 1.82) is 0 Å². The van der Waals surface area contributed by atoms with Crippen LogP contribution in [0.25, 0.3) is 0 Å². The average molecular weight is 386 g/mol. The number of rotatable bonds is 5. The quantitative estimate of drug-likeness (QED) is 0.741. The van der Waals surface area contributed by atoms with Crippen LogP contribution in [-0.4, -0.2) is 59.0 Å². The minimum atomic E-state index is -0.915. The van der Waals surface area contributed by atoms with E-state index < -0.39 is 29.7 Å². The number of fused-ring (bicyclic) bond motifs is 1. The Morgan fingerprint density at radius 3 is 2.61 bits per heavy atom. The van der Waals surface area contributed by atoms with Gasteiger partial charge in [-0.1, -0.05) is 6.42 Å². The molecule has 3 amide bonds. The molecule has 2 heterocycles. The van der Waals surface area contributed by atoms with Crippen LogP contribution in [0.2, 0.25) is 0 Å². The van der Waals surface area contributed by atoms with Gasteiger partial charge in [-0.3, -0.25) is 24.1 Å². The summed E-state index contributed by atoms with van der Waals surface area (Å²) in [7, 11) is 0. The van der Waals surface area contributed by atoms with E-state index in [4.69, 9.17) is 4.74 Å². The van der Waals surface area contributed by atoms with Crippen LogP contribution in [0, 0.1) is 5.92 Å². The Morgan fingerprint density at radius 1 is 1.11 bits per heavy atom. The lowest BCUT2D eigenvalue weighted by molar-refractivity contribution is -0.142. The number of carboxylic acids is 1. The SMILES string of the molecule is O=C(N[C@H]1CCC[C@H]1C(=O)O)c1ccc2c(c1)C(=O)N(CC1CCCO1)C2=O. The maximum Gasteiger partial charge on any atom is 0.308 e. The molecule has 4 rings (SSSR count). The van der Waals surface area contributed by atoms with E-state index in [-0.39, 0.29) is 35.2 Å². The Hall–Kier alpha value is -2.74. The Morgan fingerprint density at radius 2 is 1.89 bits per heavy atom. The van der Waals surface area contributed by atoms with Gasteiger partial charge in [0.1, 0.15) is 0 Å². The molecule has 1 saturated carbocycles. The molecule has 0 spiro atoms. The number of aliphatic carboxylic acids is 1. The number of imide groups is 1. The summed E-state index contributed by atoms with van der Waals surface area (Å²) in [5.41, 5.74) is 0.732. The monoisotopic (exact) mass is 386 g/mol. The molecule has 1 aromatic carbocycles. The minimum Gasteiger partial charge on any atom is -0.481 e. The first-order valence-electron chi connectivity index (χ1n) is 9.61. The Labute approximate surface area is 161 Å². The number of nitrogens with zero attached hydrogens (tertiary/aromatic N) is 1. The highest BCUT2D eigenvalue weighted by atomic mass is 16.5. The maximum atomic E-state index is 12.7. The third kappa shape index (κ3) is 3.28. The van der Waals surface area contributed by atoms with Crippen molar-refractivity contribution in [3.8, 4) is 0 Å². The number of hydrogen-bond acceptors (Lipinski definition) is 5. The molecule has 3 atom stereocenters. The molecule has 2 fully saturated rings. The summed E-state index contributed by atoms with van der Waals surface area (Å²) in [6.45, 7) is 0.854. The molecule has 1 aromatic rings. The zero-order valence-electron chi connectivity index (χ0n) is 15.3. The fourth-order valence-corrected chi connectivity index (χ4v) is 4.27. The lowest BCUT2D eigenvalue weighted by atomic mass is 10.0. The average Bonchev–Trinajstić information content (AvgIpc) is 3.40. The molecule has 1 unspecified atom stereocenters. The van der Waals surface area contributed by atoms with E-state index in [1.807, 2.05) is 0 Å². The van der Waals surface area contributed by atoms with Crippen molar-refractivity contribution in [2.45, 2.75) is 44.2 Å². The number of amides is 3. The highest BCUT2D eigenvalue weighted by Gasteiger charge is 2.38. The molecule has 0 bridgehead atoms. The normalized spacial score (nSPS) is 26.6. The molecule has 2 N–H and O–H groups in total. The van der Waals surface area contributed by atoms with E-state index >= 15 is 0 Å². The number of ether oxygens (including phenoxy) is 1. The van der Waals surface area contributed by atoms with Crippen molar-refractivity contribution >= 4 is 23.7 Å². The number of carbonyl (C=O) groups excluding carboxylic acids is 3. The van der Waals surface area contributed by atoms with E-state index in [1.54, 1.807) is 0 Å². The molecule has 0 radical (unpaired) electrons. The first-order valence-corrected chi connectivity index (χ1v) is 9.61. The molecule has 3 aliphatic rings. The van der Waals surface area contributed by atoms with Crippen LogP contribution in [0.15, 0.2) is 18.2 Å². The number of nitrogens with one attached hydrogen (secondary N) is 1. The van der Waals surface area contributed by atoms with E-state index in [0.717, 1.165) is 19.3 Å². The van der Waals surface area contributed by atoms with Crippen molar-refractivity contribution in [3.05, 3.63) is 34.9 Å². The molecular formula is C20H22N2O6.